The molecule has 6 amide bonds. The summed E-state index contributed by atoms with van der Waals surface area (Å²) in [6.07, 6.45) is 1.23. The molecule has 5 heterocycles. The van der Waals surface area contributed by atoms with Crippen LogP contribution in [-0.2, 0) is 19.2 Å². The molecule has 2 aromatic carbocycles. The van der Waals surface area contributed by atoms with E-state index in [1.54, 1.807) is 11.3 Å². The summed E-state index contributed by atoms with van der Waals surface area (Å²) >= 11 is 7.84. The summed E-state index contributed by atoms with van der Waals surface area (Å²) in [5.74, 6) is -1.88. The summed E-state index contributed by atoms with van der Waals surface area (Å²) in [7, 11) is 0. The van der Waals surface area contributed by atoms with Crippen molar-refractivity contribution in [2.75, 3.05) is 19.7 Å². The number of rotatable bonds is 12. The van der Waals surface area contributed by atoms with Crippen LogP contribution >= 0.6 is 22.9 Å². The van der Waals surface area contributed by atoms with Gasteiger partial charge in [0.1, 0.15) is 28.7 Å². The minimum absolute atomic E-state index is 0.00279. The summed E-state index contributed by atoms with van der Waals surface area (Å²) in [6, 6.07) is 10.2. The van der Waals surface area contributed by atoms with Crippen LogP contribution < -0.4 is 20.7 Å². The molecule has 3 N–H and O–H groups in total. The molecule has 3 aliphatic heterocycles. The van der Waals surface area contributed by atoms with E-state index in [1.165, 1.54) is 18.2 Å². The SMILES string of the molecule is Cc1sc2c(c1C)C(c1ccc(Cl)cc1)=NC(CC(=O)NCCCCNC(=O)COc1cccc3c1C(=O)N([C@H]1CCC(=O)NC1=O)C3=O)c1nnc(C)n1-2. The molecule has 1 fully saturated rings. The van der Waals surface area contributed by atoms with Crippen LogP contribution in [0.25, 0.3) is 5.00 Å². The smallest absolute Gasteiger partial charge is 0.266 e. The number of amides is 6. The number of ether oxygens (including phenoxy) is 1. The van der Waals surface area contributed by atoms with Crippen molar-refractivity contribution >= 4 is 64.1 Å². The Morgan fingerprint density at radius 2 is 1.67 bits per heavy atom. The summed E-state index contributed by atoms with van der Waals surface area (Å²) in [5, 5.41) is 18.2. The molecule has 55 heavy (non-hydrogen) atoms. The van der Waals surface area contributed by atoms with Gasteiger partial charge in [0, 0.05) is 40.5 Å². The van der Waals surface area contributed by atoms with Crippen LogP contribution in [0.2, 0.25) is 5.02 Å². The summed E-state index contributed by atoms with van der Waals surface area (Å²) in [5.41, 5.74) is 3.76. The number of hydrogen-bond donors (Lipinski definition) is 3. The molecule has 17 heteroatoms. The third-order valence-corrected chi connectivity index (χ3v) is 11.2. The van der Waals surface area contributed by atoms with Gasteiger partial charge in [-0.15, -0.1) is 21.5 Å². The molecule has 4 aromatic rings. The Hall–Kier alpha value is -5.74. The first-order valence-electron chi connectivity index (χ1n) is 17.8. The third kappa shape index (κ3) is 7.38. The number of aliphatic imine (C=N–C) groups is 1. The maximum atomic E-state index is 13.3. The number of aryl methyl sites for hydroxylation is 2. The molecular formula is C38H37ClN8O7S. The minimum atomic E-state index is -1.11. The molecule has 0 aliphatic carbocycles. The quantitative estimate of drug-likeness (QED) is 0.142. The predicted octanol–water partition coefficient (Wildman–Crippen LogP) is 3.68. The second-order valence-electron chi connectivity index (χ2n) is 13.4. The number of unbranched alkanes of at least 4 members (excludes halogenated alkanes) is 1. The molecule has 0 radical (unpaired) electrons. The van der Waals surface area contributed by atoms with Crippen molar-refractivity contribution in [3.05, 3.63) is 91.8 Å². The van der Waals surface area contributed by atoms with Crippen LogP contribution in [0.5, 0.6) is 5.75 Å². The zero-order valence-corrected chi connectivity index (χ0v) is 31.8. The fourth-order valence-corrected chi connectivity index (χ4v) is 8.22. The van der Waals surface area contributed by atoms with E-state index in [9.17, 15) is 28.8 Å². The van der Waals surface area contributed by atoms with Gasteiger partial charge in [-0.2, -0.15) is 0 Å². The molecule has 2 aromatic heterocycles. The standard InChI is InChI=1S/C38H37ClN8O7S/c1-19-20(2)55-38-31(19)33(22-9-11-23(39)12-10-22)42-25(34-45-44-21(3)46(34)38)17-29(49)40-15-4-5-16-41-30(50)18-54-27-8-6-7-24-32(27)37(53)47(36(24)52)26-13-14-28(48)43-35(26)51/h6-12,25-26H,4-5,13-18H2,1-3H3,(H,40,49)(H,41,50)(H,43,48,51)/t25?,26-/m0/s1. The Labute approximate surface area is 324 Å². The van der Waals surface area contributed by atoms with Gasteiger partial charge < -0.3 is 15.4 Å². The van der Waals surface area contributed by atoms with Crippen LogP contribution in [-0.4, -0.2) is 86.6 Å². The number of nitrogens with one attached hydrogen (secondary N) is 3. The van der Waals surface area contributed by atoms with Crippen LogP contribution in [0, 0.1) is 20.8 Å². The van der Waals surface area contributed by atoms with Crippen molar-refractivity contribution in [3.8, 4) is 10.8 Å². The van der Waals surface area contributed by atoms with Gasteiger partial charge >= 0.3 is 0 Å². The lowest BCUT2D eigenvalue weighted by Crippen LogP contribution is -2.54. The highest BCUT2D eigenvalue weighted by molar-refractivity contribution is 7.15. The number of hydrogen-bond acceptors (Lipinski definition) is 11. The van der Waals surface area contributed by atoms with Crippen molar-refractivity contribution in [1.82, 2.24) is 35.6 Å². The first kappa shape index (κ1) is 37.6. The van der Waals surface area contributed by atoms with Crippen molar-refractivity contribution < 1.29 is 33.5 Å². The van der Waals surface area contributed by atoms with Gasteiger partial charge in [0.25, 0.3) is 17.7 Å². The second kappa shape index (κ2) is 15.5. The molecule has 15 nitrogen and oxygen atoms in total. The van der Waals surface area contributed by atoms with Gasteiger partial charge in [-0.1, -0.05) is 29.8 Å². The fraction of sp³-hybridized carbons (Fsp3) is 0.342. The second-order valence-corrected chi connectivity index (χ2v) is 15.1. The van der Waals surface area contributed by atoms with Gasteiger partial charge in [0.15, 0.2) is 12.4 Å². The molecular weight excluding hydrogens is 748 g/mol. The number of carbonyl (C=O) groups is 6. The van der Waals surface area contributed by atoms with E-state index in [0.29, 0.717) is 42.6 Å². The number of imide groups is 2. The predicted molar refractivity (Wildman–Crippen MR) is 202 cm³/mol. The number of thiophene rings is 1. The highest BCUT2D eigenvalue weighted by Gasteiger charge is 2.46. The number of nitrogens with zero attached hydrogens (tertiary/aromatic N) is 5. The number of benzene rings is 2. The monoisotopic (exact) mass is 784 g/mol. The molecule has 3 aliphatic rings. The van der Waals surface area contributed by atoms with Gasteiger partial charge in [-0.05, 0) is 69.9 Å². The Kier molecular flexibility index (Phi) is 10.6. The Bertz CT molecular complexity index is 2280. The number of carbonyl (C=O) groups excluding carboxylic acids is 6. The molecule has 1 unspecified atom stereocenters. The largest absolute Gasteiger partial charge is 0.483 e. The van der Waals surface area contributed by atoms with E-state index in [4.69, 9.17) is 21.3 Å². The Balaban J connectivity index is 0.906. The summed E-state index contributed by atoms with van der Waals surface area (Å²) < 4.78 is 7.64. The van der Waals surface area contributed by atoms with Crippen LogP contribution in [0.4, 0.5) is 0 Å². The molecule has 284 valence electrons. The van der Waals surface area contributed by atoms with E-state index in [1.807, 2.05) is 35.8 Å². The van der Waals surface area contributed by atoms with Crippen molar-refractivity contribution in [2.45, 2.75) is 65.0 Å². The molecule has 2 atom stereocenters. The maximum Gasteiger partial charge on any atom is 0.266 e. The first-order valence-corrected chi connectivity index (χ1v) is 19.0. The molecule has 7 rings (SSSR count). The van der Waals surface area contributed by atoms with Gasteiger partial charge in [-0.25, -0.2) is 0 Å². The van der Waals surface area contributed by atoms with E-state index in [-0.39, 0.29) is 42.0 Å². The fourth-order valence-electron chi connectivity index (χ4n) is 6.88. The van der Waals surface area contributed by atoms with Gasteiger partial charge in [-0.3, -0.25) is 48.5 Å². The van der Waals surface area contributed by atoms with Gasteiger partial charge in [0.05, 0.1) is 23.3 Å². The van der Waals surface area contributed by atoms with E-state index < -0.39 is 48.2 Å². The van der Waals surface area contributed by atoms with Crippen molar-refractivity contribution in [3.63, 3.8) is 0 Å². The highest BCUT2D eigenvalue weighted by atomic mass is 35.5. The molecule has 0 bridgehead atoms. The van der Waals surface area contributed by atoms with Crippen molar-refractivity contribution in [2.24, 2.45) is 4.99 Å². The summed E-state index contributed by atoms with van der Waals surface area (Å²) in [6.45, 7) is 6.30. The number of halogens is 1. The first-order chi connectivity index (χ1) is 26.4. The lowest BCUT2D eigenvalue weighted by atomic mass is 9.99. The van der Waals surface area contributed by atoms with Crippen LogP contribution in [0.3, 0.4) is 0 Å². The Morgan fingerprint density at radius 1 is 0.945 bits per heavy atom. The molecule has 0 saturated carbocycles. The van der Waals surface area contributed by atoms with E-state index in [2.05, 4.69) is 40.0 Å². The summed E-state index contributed by atoms with van der Waals surface area (Å²) in [4.78, 5) is 83.3. The lowest BCUT2D eigenvalue weighted by molar-refractivity contribution is -0.136. The van der Waals surface area contributed by atoms with Gasteiger partial charge in [0.2, 0.25) is 17.7 Å². The third-order valence-electron chi connectivity index (χ3n) is 9.77. The average Bonchev–Trinajstić information content (AvgIpc) is 3.73. The minimum Gasteiger partial charge on any atom is -0.483 e. The number of piperidine rings is 1. The molecule has 0 spiro atoms. The average molecular weight is 785 g/mol. The lowest BCUT2D eigenvalue weighted by Gasteiger charge is -2.27. The van der Waals surface area contributed by atoms with E-state index >= 15 is 0 Å². The zero-order chi connectivity index (χ0) is 39.0. The number of fused-ring (bicyclic) bond motifs is 4. The number of aromatic nitrogens is 3. The van der Waals surface area contributed by atoms with Crippen LogP contribution in [0.1, 0.15) is 92.1 Å². The topological polar surface area (TPSA) is 194 Å². The van der Waals surface area contributed by atoms with E-state index in [0.717, 1.165) is 37.2 Å². The highest BCUT2D eigenvalue weighted by Crippen LogP contribution is 2.40. The zero-order valence-electron chi connectivity index (χ0n) is 30.2. The van der Waals surface area contributed by atoms with Crippen LogP contribution in [0.15, 0.2) is 47.5 Å². The Morgan fingerprint density at radius 3 is 2.40 bits per heavy atom. The van der Waals surface area contributed by atoms with Crippen molar-refractivity contribution in [1.29, 1.82) is 0 Å². The normalized spacial score (nSPS) is 17.5. The maximum absolute atomic E-state index is 13.3. The molecule has 1 saturated heterocycles.